The minimum Gasteiger partial charge on any atom is -0.297 e. The van der Waals surface area contributed by atoms with Crippen LogP contribution >= 0.6 is 0 Å². The molecule has 1 unspecified atom stereocenters. The smallest absolute Gasteiger partial charge is 0.262 e. The van der Waals surface area contributed by atoms with Gasteiger partial charge in [0.1, 0.15) is 0 Å². The lowest BCUT2D eigenvalue weighted by Crippen LogP contribution is -2.30. The molecule has 0 saturated carbocycles. The average Bonchev–Trinajstić information content (AvgIpc) is 2.82. The zero-order chi connectivity index (χ0) is 11.8. The Morgan fingerprint density at radius 2 is 2.35 bits per heavy atom. The SMILES string of the molecule is Cc1ccc2c(=O)n(C3CCCN3)cnc2c1. The summed E-state index contributed by atoms with van der Waals surface area (Å²) in [5.74, 6) is 0. The van der Waals surface area contributed by atoms with Crippen LogP contribution in [0.3, 0.4) is 0 Å². The summed E-state index contributed by atoms with van der Waals surface area (Å²) in [6, 6.07) is 5.77. The van der Waals surface area contributed by atoms with Gasteiger partial charge < -0.3 is 0 Å². The molecule has 0 amide bonds. The first-order chi connectivity index (χ1) is 8.25. The van der Waals surface area contributed by atoms with E-state index in [0.717, 1.165) is 30.5 Å². The Balaban J connectivity index is 2.18. The van der Waals surface area contributed by atoms with Crippen LogP contribution in [0.5, 0.6) is 0 Å². The van der Waals surface area contributed by atoms with Crippen LogP contribution in [0.25, 0.3) is 10.9 Å². The molecule has 1 atom stereocenters. The van der Waals surface area contributed by atoms with Crippen molar-refractivity contribution >= 4 is 10.9 Å². The molecule has 1 aliphatic rings. The molecule has 88 valence electrons. The van der Waals surface area contributed by atoms with Gasteiger partial charge in [0.05, 0.1) is 23.4 Å². The van der Waals surface area contributed by atoms with Crippen LogP contribution < -0.4 is 10.9 Å². The highest BCUT2D eigenvalue weighted by Crippen LogP contribution is 2.16. The van der Waals surface area contributed by atoms with Crippen molar-refractivity contribution in [1.82, 2.24) is 14.9 Å². The number of aromatic nitrogens is 2. The second-order valence-electron chi connectivity index (χ2n) is 4.59. The molecule has 2 aromatic rings. The Labute approximate surface area is 99.3 Å². The van der Waals surface area contributed by atoms with Crippen molar-refractivity contribution in [3.63, 3.8) is 0 Å². The van der Waals surface area contributed by atoms with E-state index in [1.54, 1.807) is 10.9 Å². The minimum atomic E-state index is 0.0504. The van der Waals surface area contributed by atoms with E-state index >= 15 is 0 Å². The quantitative estimate of drug-likeness (QED) is 0.807. The van der Waals surface area contributed by atoms with E-state index in [1.807, 2.05) is 25.1 Å². The molecule has 1 saturated heterocycles. The third-order valence-corrected chi connectivity index (χ3v) is 3.31. The zero-order valence-electron chi connectivity index (χ0n) is 9.81. The Morgan fingerprint density at radius 1 is 1.47 bits per heavy atom. The molecule has 3 rings (SSSR count). The number of rotatable bonds is 1. The molecule has 4 nitrogen and oxygen atoms in total. The topological polar surface area (TPSA) is 46.9 Å². The Morgan fingerprint density at radius 3 is 3.12 bits per heavy atom. The van der Waals surface area contributed by atoms with E-state index in [2.05, 4.69) is 10.3 Å². The maximum atomic E-state index is 12.3. The number of hydrogen-bond donors (Lipinski definition) is 1. The Hall–Kier alpha value is -1.68. The van der Waals surface area contributed by atoms with Gasteiger partial charge >= 0.3 is 0 Å². The van der Waals surface area contributed by atoms with E-state index in [0.29, 0.717) is 5.39 Å². The molecular formula is C13H15N3O. The summed E-state index contributed by atoms with van der Waals surface area (Å²) < 4.78 is 1.71. The Kier molecular flexibility index (Phi) is 2.44. The molecule has 0 radical (unpaired) electrons. The number of hydrogen-bond acceptors (Lipinski definition) is 3. The predicted octanol–water partition coefficient (Wildman–Crippen LogP) is 1.59. The second-order valence-corrected chi connectivity index (χ2v) is 4.59. The maximum Gasteiger partial charge on any atom is 0.262 e. The minimum absolute atomic E-state index is 0.0504. The van der Waals surface area contributed by atoms with Crippen molar-refractivity contribution in [2.45, 2.75) is 25.9 Å². The van der Waals surface area contributed by atoms with Gasteiger partial charge in [-0.15, -0.1) is 0 Å². The zero-order valence-corrected chi connectivity index (χ0v) is 9.81. The number of benzene rings is 1. The summed E-state index contributed by atoms with van der Waals surface area (Å²) in [5.41, 5.74) is 1.96. The fourth-order valence-electron chi connectivity index (χ4n) is 2.37. The molecular weight excluding hydrogens is 214 g/mol. The lowest BCUT2D eigenvalue weighted by Gasteiger charge is -2.14. The van der Waals surface area contributed by atoms with Crippen LogP contribution in [0.2, 0.25) is 0 Å². The largest absolute Gasteiger partial charge is 0.297 e. The predicted molar refractivity (Wildman–Crippen MR) is 67.0 cm³/mol. The first kappa shape index (κ1) is 10.5. The van der Waals surface area contributed by atoms with Crippen molar-refractivity contribution in [2.24, 2.45) is 0 Å². The summed E-state index contributed by atoms with van der Waals surface area (Å²) in [6.07, 6.45) is 3.88. The van der Waals surface area contributed by atoms with Gasteiger partial charge in [0.2, 0.25) is 0 Å². The van der Waals surface area contributed by atoms with Crippen LogP contribution in [-0.4, -0.2) is 16.1 Å². The van der Waals surface area contributed by atoms with E-state index < -0.39 is 0 Å². The summed E-state index contributed by atoms with van der Waals surface area (Å²) in [4.78, 5) is 16.7. The van der Waals surface area contributed by atoms with Crippen LogP contribution in [0, 0.1) is 6.92 Å². The van der Waals surface area contributed by atoms with E-state index in [4.69, 9.17) is 0 Å². The fourth-order valence-corrected chi connectivity index (χ4v) is 2.37. The van der Waals surface area contributed by atoms with Crippen LogP contribution in [0.1, 0.15) is 24.6 Å². The highest BCUT2D eigenvalue weighted by molar-refractivity contribution is 5.77. The molecule has 1 aromatic heterocycles. The third-order valence-electron chi connectivity index (χ3n) is 3.31. The molecule has 2 heterocycles. The van der Waals surface area contributed by atoms with Gasteiger partial charge in [-0.25, -0.2) is 4.98 Å². The summed E-state index contributed by atoms with van der Waals surface area (Å²) in [6.45, 7) is 2.98. The molecule has 0 aliphatic carbocycles. The van der Waals surface area contributed by atoms with E-state index in [9.17, 15) is 4.79 Å². The number of nitrogens with zero attached hydrogens (tertiary/aromatic N) is 2. The first-order valence-corrected chi connectivity index (χ1v) is 5.96. The van der Waals surface area contributed by atoms with Crippen molar-refractivity contribution in [3.8, 4) is 0 Å². The van der Waals surface area contributed by atoms with Gasteiger partial charge in [-0.2, -0.15) is 0 Å². The molecule has 1 aliphatic heterocycles. The molecule has 1 N–H and O–H groups in total. The standard InChI is InChI=1S/C13H15N3O/c1-9-4-5-10-11(7-9)15-8-16(13(10)17)12-3-2-6-14-12/h4-5,7-8,12,14H,2-3,6H2,1H3. The highest BCUT2D eigenvalue weighted by atomic mass is 16.1. The Bertz CT molecular complexity index is 612. The van der Waals surface area contributed by atoms with Gasteiger partial charge in [-0.05, 0) is 44.0 Å². The number of nitrogens with one attached hydrogen (secondary N) is 1. The third kappa shape index (κ3) is 1.74. The van der Waals surface area contributed by atoms with E-state index in [-0.39, 0.29) is 11.7 Å². The van der Waals surface area contributed by atoms with Crippen molar-refractivity contribution < 1.29 is 0 Å². The molecule has 0 spiro atoms. The van der Waals surface area contributed by atoms with Crippen molar-refractivity contribution in [1.29, 1.82) is 0 Å². The lowest BCUT2D eigenvalue weighted by molar-refractivity contribution is 0.453. The molecule has 17 heavy (non-hydrogen) atoms. The van der Waals surface area contributed by atoms with Gasteiger partial charge in [0.25, 0.3) is 5.56 Å². The summed E-state index contributed by atoms with van der Waals surface area (Å²) in [5, 5.41) is 4.01. The maximum absolute atomic E-state index is 12.3. The normalized spacial score (nSPS) is 19.9. The highest BCUT2D eigenvalue weighted by Gasteiger charge is 2.17. The van der Waals surface area contributed by atoms with Gasteiger partial charge in [0, 0.05) is 0 Å². The van der Waals surface area contributed by atoms with Crippen LogP contribution in [0.4, 0.5) is 0 Å². The van der Waals surface area contributed by atoms with Gasteiger partial charge in [0.15, 0.2) is 0 Å². The van der Waals surface area contributed by atoms with E-state index in [1.165, 1.54) is 0 Å². The molecule has 1 aromatic carbocycles. The molecule has 4 heteroatoms. The lowest BCUT2D eigenvalue weighted by atomic mass is 10.2. The summed E-state index contributed by atoms with van der Waals surface area (Å²) in [7, 11) is 0. The monoisotopic (exact) mass is 229 g/mol. The van der Waals surface area contributed by atoms with Crippen LogP contribution in [0.15, 0.2) is 29.3 Å². The van der Waals surface area contributed by atoms with Gasteiger partial charge in [-0.3, -0.25) is 14.7 Å². The summed E-state index contributed by atoms with van der Waals surface area (Å²) >= 11 is 0. The molecule has 0 bridgehead atoms. The van der Waals surface area contributed by atoms with Crippen molar-refractivity contribution in [3.05, 3.63) is 40.4 Å². The number of aryl methyl sites for hydroxylation is 1. The second kappa shape index (κ2) is 3.96. The van der Waals surface area contributed by atoms with Gasteiger partial charge in [-0.1, -0.05) is 6.07 Å². The number of fused-ring (bicyclic) bond motifs is 1. The fraction of sp³-hybridized carbons (Fsp3) is 0.385. The first-order valence-electron chi connectivity index (χ1n) is 5.96. The molecule has 1 fully saturated rings. The van der Waals surface area contributed by atoms with Crippen LogP contribution in [-0.2, 0) is 0 Å². The van der Waals surface area contributed by atoms with Crippen molar-refractivity contribution in [2.75, 3.05) is 6.54 Å². The average molecular weight is 229 g/mol.